The Balaban J connectivity index is 0.000000671. The first-order chi connectivity index (χ1) is 6.34. The first-order valence-electron chi connectivity index (χ1n) is 5.29. The van der Waals surface area contributed by atoms with Crippen LogP contribution < -0.4 is 0 Å². The van der Waals surface area contributed by atoms with Crippen molar-refractivity contribution in [1.29, 1.82) is 5.26 Å². The highest BCUT2D eigenvalue weighted by Crippen LogP contribution is 2.25. The molecule has 1 fully saturated rings. The van der Waals surface area contributed by atoms with E-state index in [1.807, 2.05) is 13.8 Å². The summed E-state index contributed by atoms with van der Waals surface area (Å²) in [7, 11) is 0. The highest BCUT2D eigenvalue weighted by molar-refractivity contribution is 4.79. The second-order valence-electron chi connectivity index (χ2n) is 3.29. The lowest BCUT2D eigenvalue weighted by Gasteiger charge is -2.26. The van der Waals surface area contributed by atoms with E-state index in [1.165, 1.54) is 0 Å². The minimum atomic E-state index is 0.559. The van der Waals surface area contributed by atoms with Gasteiger partial charge < -0.3 is 4.74 Å². The summed E-state index contributed by atoms with van der Waals surface area (Å²) in [6.07, 6.45) is 2.98. The van der Waals surface area contributed by atoms with Gasteiger partial charge in [0.05, 0.1) is 6.07 Å². The van der Waals surface area contributed by atoms with Gasteiger partial charge >= 0.3 is 0 Å². The third kappa shape index (κ3) is 4.90. The van der Waals surface area contributed by atoms with Crippen LogP contribution in [-0.2, 0) is 4.74 Å². The third-order valence-electron chi connectivity index (χ3n) is 2.48. The average molecular weight is 183 g/mol. The molecule has 0 aromatic heterocycles. The summed E-state index contributed by atoms with van der Waals surface area (Å²) in [4.78, 5) is 0. The molecule has 0 aliphatic carbocycles. The summed E-state index contributed by atoms with van der Waals surface area (Å²) in [5.74, 6) is 1.28. The van der Waals surface area contributed by atoms with E-state index in [9.17, 15) is 0 Å². The van der Waals surface area contributed by atoms with Gasteiger partial charge in [0, 0.05) is 19.6 Å². The zero-order valence-electron chi connectivity index (χ0n) is 9.05. The fourth-order valence-corrected chi connectivity index (χ4v) is 1.60. The molecule has 1 aliphatic rings. The summed E-state index contributed by atoms with van der Waals surface area (Å²) in [6, 6.07) is 2.22. The number of nitrogens with zero attached hydrogens (tertiary/aromatic N) is 1. The lowest BCUT2D eigenvalue weighted by Crippen LogP contribution is -2.21. The second-order valence-corrected chi connectivity index (χ2v) is 3.29. The van der Waals surface area contributed by atoms with Crippen LogP contribution >= 0.6 is 0 Å². The van der Waals surface area contributed by atoms with Gasteiger partial charge in [0.25, 0.3) is 0 Å². The lowest BCUT2D eigenvalue weighted by molar-refractivity contribution is 0.0502. The van der Waals surface area contributed by atoms with E-state index in [0.717, 1.165) is 32.0 Å². The van der Waals surface area contributed by atoms with Gasteiger partial charge in [-0.25, -0.2) is 0 Å². The van der Waals surface area contributed by atoms with Gasteiger partial charge in [0.2, 0.25) is 0 Å². The van der Waals surface area contributed by atoms with Gasteiger partial charge in [0.15, 0.2) is 0 Å². The SMILES string of the molecule is CC.CC(CC#N)C1CCOCC1. The molecule has 0 saturated carbocycles. The number of ether oxygens (including phenoxy) is 1. The standard InChI is InChI=1S/C9H15NO.C2H6/c1-8(2-5-10)9-3-6-11-7-4-9;1-2/h8-9H,2-4,6-7H2,1H3;1-2H3. The molecule has 0 aromatic carbocycles. The molecule has 0 amide bonds. The molecular weight excluding hydrogens is 162 g/mol. The molecule has 1 unspecified atom stereocenters. The van der Waals surface area contributed by atoms with Crippen LogP contribution in [0, 0.1) is 23.2 Å². The minimum Gasteiger partial charge on any atom is -0.381 e. The van der Waals surface area contributed by atoms with Crippen molar-refractivity contribution >= 4 is 0 Å². The lowest BCUT2D eigenvalue weighted by atomic mass is 9.86. The van der Waals surface area contributed by atoms with Crippen molar-refractivity contribution in [2.45, 2.75) is 40.0 Å². The molecule has 2 heteroatoms. The molecule has 1 aliphatic heterocycles. The van der Waals surface area contributed by atoms with E-state index >= 15 is 0 Å². The van der Waals surface area contributed by atoms with Gasteiger partial charge in [-0.1, -0.05) is 20.8 Å². The van der Waals surface area contributed by atoms with E-state index in [1.54, 1.807) is 0 Å². The fraction of sp³-hybridized carbons (Fsp3) is 0.909. The second kappa shape index (κ2) is 8.07. The smallest absolute Gasteiger partial charge is 0.0624 e. The van der Waals surface area contributed by atoms with Crippen LogP contribution in [0.15, 0.2) is 0 Å². The van der Waals surface area contributed by atoms with Crippen molar-refractivity contribution in [2.75, 3.05) is 13.2 Å². The van der Waals surface area contributed by atoms with Gasteiger partial charge in [-0.15, -0.1) is 0 Å². The van der Waals surface area contributed by atoms with Crippen molar-refractivity contribution in [3.8, 4) is 6.07 Å². The third-order valence-corrected chi connectivity index (χ3v) is 2.48. The average Bonchev–Trinajstić information content (AvgIpc) is 2.23. The zero-order chi connectivity index (χ0) is 10.1. The van der Waals surface area contributed by atoms with Crippen LogP contribution in [0.2, 0.25) is 0 Å². The van der Waals surface area contributed by atoms with Crippen LogP contribution in [0.3, 0.4) is 0 Å². The maximum absolute atomic E-state index is 8.49. The first kappa shape index (κ1) is 12.4. The summed E-state index contributed by atoms with van der Waals surface area (Å²) in [6.45, 7) is 7.94. The van der Waals surface area contributed by atoms with Crippen molar-refractivity contribution in [1.82, 2.24) is 0 Å². The Bertz CT molecular complexity index is 145. The summed E-state index contributed by atoms with van der Waals surface area (Å²) >= 11 is 0. The highest BCUT2D eigenvalue weighted by Gasteiger charge is 2.19. The zero-order valence-corrected chi connectivity index (χ0v) is 9.05. The van der Waals surface area contributed by atoms with Crippen molar-refractivity contribution in [3.05, 3.63) is 0 Å². The fourth-order valence-electron chi connectivity index (χ4n) is 1.60. The quantitative estimate of drug-likeness (QED) is 0.659. The molecule has 0 spiro atoms. The number of rotatable bonds is 2. The normalized spacial score (nSPS) is 19.5. The molecule has 0 aromatic rings. The van der Waals surface area contributed by atoms with E-state index < -0.39 is 0 Å². The Hall–Kier alpha value is -0.550. The Kier molecular flexibility index (Phi) is 7.73. The van der Waals surface area contributed by atoms with Crippen LogP contribution in [0.4, 0.5) is 0 Å². The molecule has 2 nitrogen and oxygen atoms in total. The van der Waals surface area contributed by atoms with Crippen molar-refractivity contribution in [2.24, 2.45) is 11.8 Å². The van der Waals surface area contributed by atoms with Crippen molar-refractivity contribution in [3.63, 3.8) is 0 Å². The monoisotopic (exact) mass is 183 g/mol. The van der Waals surface area contributed by atoms with E-state index in [0.29, 0.717) is 12.3 Å². The molecule has 1 rings (SSSR count). The Morgan fingerprint density at radius 2 is 1.92 bits per heavy atom. The molecular formula is C11H21NO. The van der Waals surface area contributed by atoms with Crippen LogP contribution in [0.5, 0.6) is 0 Å². The maximum atomic E-state index is 8.49. The topological polar surface area (TPSA) is 33.0 Å². The van der Waals surface area contributed by atoms with Gasteiger partial charge in [0.1, 0.15) is 0 Å². The molecule has 1 heterocycles. The number of nitriles is 1. The Morgan fingerprint density at radius 3 is 2.38 bits per heavy atom. The van der Waals surface area contributed by atoms with Crippen LogP contribution in [-0.4, -0.2) is 13.2 Å². The molecule has 76 valence electrons. The predicted octanol–water partition coefficient (Wildman–Crippen LogP) is 2.99. The number of hydrogen-bond donors (Lipinski definition) is 0. The highest BCUT2D eigenvalue weighted by atomic mass is 16.5. The molecule has 0 bridgehead atoms. The van der Waals surface area contributed by atoms with Gasteiger partial charge in [-0.3, -0.25) is 0 Å². The van der Waals surface area contributed by atoms with Crippen LogP contribution in [0.25, 0.3) is 0 Å². The maximum Gasteiger partial charge on any atom is 0.0624 e. The molecule has 1 atom stereocenters. The summed E-state index contributed by atoms with van der Waals surface area (Å²) in [5, 5.41) is 8.49. The van der Waals surface area contributed by atoms with E-state index in [2.05, 4.69) is 13.0 Å². The molecule has 0 N–H and O–H groups in total. The van der Waals surface area contributed by atoms with Gasteiger partial charge in [-0.2, -0.15) is 5.26 Å². The summed E-state index contributed by atoms with van der Waals surface area (Å²) < 4.78 is 5.25. The van der Waals surface area contributed by atoms with Gasteiger partial charge in [-0.05, 0) is 24.7 Å². The van der Waals surface area contributed by atoms with E-state index in [4.69, 9.17) is 10.00 Å². The van der Waals surface area contributed by atoms with Crippen LogP contribution in [0.1, 0.15) is 40.0 Å². The van der Waals surface area contributed by atoms with Crippen molar-refractivity contribution < 1.29 is 4.74 Å². The Labute approximate surface area is 81.9 Å². The largest absolute Gasteiger partial charge is 0.381 e. The van der Waals surface area contributed by atoms with E-state index in [-0.39, 0.29) is 0 Å². The minimum absolute atomic E-state index is 0.559. The molecule has 13 heavy (non-hydrogen) atoms. The Morgan fingerprint density at radius 1 is 1.38 bits per heavy atom. The molecule has 0 radical (unpaired) electrons. The molecule has 1 saturated heterocycles. The predicted molar refractivity (Wildman–Crippen MR) is 54.3 cm³/mol. The first-order valence-corrected chi connectivity index (χ1v) is 5.29. The summed E-state index contributed by atoms with van der Waals surface area (Å²) in [5.41, 5.74) is 0. The number of hydrogen-bond acceptors (Lipinski definition) is 2.